The van der Waals surface area contributed by atoms with Gasteiger partial charge >= 0.3 is 0 Å². The third kappa shape index (κ3) is 5.51. The van der Waals surface area contributed by atoms with Crippen LogP contribution in [0.5, 0.6) is 0 Å². The van der Waals surface area contributed by atoms with Crippen molar-refractivity contribution in [3.05, 3.63) is 11.2 Å². The van der Waals surface area contributed by atoms with Crippen molar-refractivity contribution in [3.8, 4) is 0 Å². The number of hydrogen-bond donors (Lipinski definition) is 2. The van der Waals surface area contributed by atoms with Crippen molar-refractivity contribution in [2.45, 2.75) is 20.8 Å². The van der Waals surface area contributed by atoms with E-state index < -0.39 is 0 Å². The lowest BCUT2D eigenvalue weighted by atomic mass is 10.2. The molecule has 0 saturated carbocycles. The van der Waals surface area contributed by atoms with Gasteiger partial charge in [-0.25, -0.2) is 4.98 Å². The SMILES string of the molecule is CCNc1ncc(Cl)c(NCCOCC(C)C)n1. The number of nitrogens with one attached hydrogen (secondary N) is 2. The highest BCUT2D eigenvalue weighted by Crippen LogP contribution is 2.18. The van der Waals surface area contributed by atoms with Gasteiger partial charge in [0.1, 0.15) is 5.02 Å². The molecule has 0 aliphatic carbocycles. The van der Waals surface area contributed by atoms with E-state index in [-0.39, 0.29) is 0 Å². The molecule has 0 aliphatic heterocycles. The first-order chi connectivity index (χ1) is 8.63. The van der Waals surface area contributed by atoms with Crippen molar-refractivity contribution < 1.29 is 4.74 Å². The van der Waals surface area contributed by atoms with Crippen LogP contribution in [0.3, 0.4) is 0 Å². The van der Waals surface area contributed by atoms with Crippen LogP contribution in [-0.2, 0) is 4.74 Å². The molecule has 0 spiro atoms. The fraction of sp³-hybridized carbons (Fsp3) is 0.667. The van der Waals surface area contributed by atoms with Gasteiger partial charge in [-0.2, -0.15) is 4.98 Å². The monoisotopic (exact) mass is 272 g/mol. The molecule has 0 aliphatic rings. The number of rotatable bonds is 8. The molecule has 1 aromatic heterocycles. The molecule has 0 saturated heterocycles. The first-order valence-corrected chi connectivity index (χ1v) is 6.59. The van der Waals surface area contributed by atoms with E-state index in [9.17, 15) is 0 Å². The summed E-state index contributed by atoms with van der Waals surface area (Å²) >= 11 is 6.00. The maximum atomic E-state index is 6.00. The molecule has 5 nitrogen and oxygen atoms in total. The van der Waals surface area contributed by atoms with Gasteiger partial charge in [0.15, 0.2) is 5.82 Å². The maximum absolute atomic E-state index is 6.00. The molecule has 0 aromatic carbocycles. The number of aromatic nitrogens is 2. The third-order valence-corrected chi connectivity index (χ3v) is 2.35. The van der Waals surface area contributed by atoms with Gasteiger partial charge in [0, 0.05) is 19.7 Å². The van der Waals surface area contributed by atoms with E-state index in [1.807, 2.05) is 6.92 Å². The zero-order chi connectivity index (χ0) is 13.4. The van der Waals surface area contributed by atoms with Crippen molar-refractivity contribution >= 4 is 23.4 Å². The minimum absolute atomic E-state index is 0.514. The van der Waals surface area contributed by atoms with Crippen LogP contribution < -0.4 is 10.6 Å². The van der Waals surface area contributed by atoms with Crippen LogP contribution in [0, 0.1) is 5.92 Å². The van der Waals surface area contributed by atoms with Crippen LogP contribution >= 0.6 is 11.6 Å². The first-order valence-electron chi connectivity index (χ1n) is 6.21. The highest BCUT2D eigenvalue weighted by Gasteiger charge is 2.04. The van der Waals surface area contributed by atoms with E-state index in [4.69, 9.17) is 16.3 Å². The minimum Gasteiger partial charge on any atom is -0.379 e. The Labute approximate surface area is 113 Å². The Balaban J connectivity index is 2.38. The maximum Gasteiger partial charge on any atom is 0.224 e. The molecule has 0 bridgehead atoms. The second kappa shape index (κ2) is 8.11. The Bertz CT molecular complexity index is 360. The number of halogens is 1. The highest BCUT2D eigenvalue weighted by atomic mass is 35.5. The summed E-state index contributed by atoms with van der Waals surface area (Å²) in [7, 11) is 0. The van der Waals surface area contributed by atoms with Gasteiger partial charge in [0.2, 0.25) is 5.95 Å². The summed E-state index contributed by atoms with van der Waals surface area (Å²) in [6.45, 7) is 9.09. The molecule has 102 valence electrons. The van der Waals surface area contributed by atoms with E-state index in [0.29, 0.717) is 35.9 Å². The summed E-state index contributed by atoms with van der Waals surface area (Å²) in [6.07, 6.45) is 1.59. The molecule has 0 unspecified atom stereocenters. The quantitative estimate of drug-likeness (QED) is 0.713. The Kier molecular flexibility index (Phi) is 6.75. The third-order valence-electron chi connectivity index (χ3n) is 2.07. The van der Waals surface area contributed by atoms with Crippen LogP contribution in [0.4, 0.5) is 11.8 Å². The van der Waals surface area contributed by atoms with Crippen molar-refractivity contribution in [1.82, 2.24) is 9.97 Å². The Morgan fingerprint density at radius 1 is 1.39 bits per heavy atom. The second-order valence-corrected chi connectivity index (χ2v) is 4.72. The molecule has 18 heavy (non-hydrogen) atoms. The van der Waals surface area contributed by atoms with Gasteiger partial charge in [0.25, 0.3) is 0 Å². The number of nitrogens with zero attached hydrogens (tertiary/aromatic N) is 2. The summed E-state index contributed by atoms with van der Waals surface area (Å²) in [5.41, 5.74) is 0. The average molecular weight is 273 g/mol. The molecule has 1 heterocycles. The standard InChI is InChI=1S/C12H21ClN4O/c1-4-14-12-16-7-10(13)11(17-12)15-5-6-18-8-9(2)3/h7,9H,4-6,8H2,1-3H3,(H2,14,15,16,17). The van der Waals surface area contributed by atoms with Crippen LogP contribution in [0.2, 0.25) is 5.02 Å². The lowest BCUT2D eigenvalue weighted by Crippen LogP contribution is -2.14. The van der Waals surface area contributed by atoms with Crippen molar-refractivity contribution in [2.24, 2.45) is 5.92 Å². The molecular formula is C12H21ClN4O. The fourth-order valence-electron chi connectivity index (χ4n) is 1.30. The van der Waals surface area contributed by atoms with Gasteiger partial charge in [-0.05, 0) is 12.8 Å². The highest BCUT2D eigenvalue weighted by molar-refractivity contribution is 6.32. The van der Waals surface area contributed by atoms with E-state index in [1.54, 1.807) is 6.20 Å². The van der Waals surface area contributed by atoms with Crippen molar-refractivity contribution in [3.63, 3.8) is 0 Å². The second-order valence-electron chi connectivity index (χ2n) is 4.32. The predicted octanol–water partition coefficient (Wildman–Crippen LogP) is 2.65. The van der Waals surface area contributed by atoms with E-state index in [0.717, 1.165) is 13.2 Å². The summed E-state index contributed by atoms with van der Waals surface area (Å²) < 4.78 is 5.47. The number of hydrogen-bond acceptors (Lipinski definition) is 5. The molecule has 0 fully saturated rings. The van der Waals surface area contributed by atoms with Gasteiger partial charge in [0.05, 0.1) is 12.8 Å². The van der Waals surface area contributed by atoms with Gasteiger partial charge in [-0.3, -0.25) is 0 Å². The van der Waals surface area contributed by atoms with E-state index in [1.165, 1.54) is 0 Å². The molecule has 1 rings (SSSR count). The van der Waals surface area contributed by atoms with Crippen LogP contribution in [-0.4, -0.2) is 36.3 Å². The van der Waals surface area contributed by atoms with E-state index >= 15 is 0 Å². The normalized spacial score (nSPS) is 10.7. The van der Waals surface area contributed by atoms with Crippen LogP contribution in [0.1, 0.15) is 20.8 Å². The zero-order valence-electron chi connectivity index (χ0n) is 11.2. The summed E-state index contributed by atoms with van der Waals surface area (Å²) in [6, 6.07) is 0. The lowest BCUT2D eigenvalue weighted by Gasteiger charge is -2.10. The molecule has 1 aromatic rings. The Morgan fingerprint density at radius 3 is 2.83 bits per heavy atom. The molecule has 2 N–H and O–H groups in total. The first kappa shape index (κ1) is 15.0. The van der Waals surface area contributed by atoms with Crippen molar-refractivity contribution in [2.75, 3.05) is 36.9 Å². The molecule has 6 heteroatoms. The summed E-state index contributed by atoms with van der Waals surface area (Å²) in [4.78, 5) is 8.34. The predicted molar refractivity (Wildman–Crippen MR) is 75.4 cm³/mol. The largest absolute Gasteiger partial charge is 0.379 e. The van der Waals surface area contributed by atoms with Gasteiger partial charge < -0.3 is 15.4 Å². The molecular weight excluding hydrogens is 252 g/mol. The average Bonchev–Trinajstić information content (AvgIpc) is 2.32. The van der Waals surface area contributed by atoms with Gasteiger partial charge in [-0.15, -0.1) is 0 Å². The van der Waals surface area contributed by atoms with Crippen LogP contribution in [0.15, 0.2) is 6.20 Å². The summed E-state index contributed by atoms with van der Waals surface area (Å²) in [5, 5.41) is 6.69. The fourth-order valence-corrected chi connectivity index (χ4v) is 1.45. The van der Waals surface area contributed by atoms with Crippen LogP contribution in [0.25, 0.3) is 0 Å². The molecule has 0 amide bonds. The smallest absolute Gasteiger partial charge is 0.224 e. The number of anilines is 2. The van der Waals surface area contributed by atoms with E-state index in [2.05, 4.69) is 34.4 Å². The minimum atomic E-state index is 0.514. The molecule has 0 atom stereocenters. The lowest BCUT2D eigenvalue weighted by molar-refractivity contribution is 0.118. The Morgan fingerprint density at radius 2 is 2.17 bits per heavy atom. The Hall–Kier alpha value is -1.07. The number of ether oxygens (including phenoxy) is 1. The van der Waals surface area contributed by atoms with Crippen molar-refractivity contribution in [1.29, 1.82) is 0 Å². The molecule has 0 radical (unpaired) electrons. The van der Waals surface area contributed by atoms with Gasteiger partial charge in [-0.1, -0.05) is 25.4 Å². The zero-order valence-corrected chi connectivity index (χ0v) is 11.9. The topological polar surface area (TPSA) is 59.1 Å². The summed E-state index contributed by atoms with van der Waals surface area (Å²) in [5.74, 6) is 1.76.